The molecule has 0 aliphatic carbocycles. The van der Waals surface area contributed by atoms with E-state index in [0.29, 0.717) is 5.69 Å². The first kappa shape index (κ1) is 21.7. The van der Waals surface area contributed by atoms with Gasteiger partial charge in [0.05, 0.1) is 10.6 Å². The molecule has 0 aliphatic heterocycles. The molecule has 2 aromatic carbocycles. The van der Waals surface area contributed by atoms with Crippen LogP contribution in [-0.4, -0.2) is 5.91 Å². The second-order valence-electron chi connectivity index (χ2n) is 6.03. The Balaban J connectivity index is 1.87. The lowest BCUT2D eigenvalue weighted by Gasteiger charge is -2.09. The van der Waals surface area contributed by atoms with E-state index < -0.39 is 17.6 Å². The number of amides is 1. The Labute approximate surface area is 182 Å². The smallest absolute Gasteiger partial charge is 0.416 e. The summed E-state index contributed by atoms with van der Waals surface area (Å²) < 4.78 is 45.1. The molecule has 9 heteroatoms. The number of furan rings is 1. The third kappa shape index (κ3) is 5.12. The Morgan fingerprint density at radius 3 is 2.60 bits per heavy atom. The molecule has 0 bridgehead atoms. The van der Waals surface area contributed by atoms with Gasteiger partial charge in [0, 0.05) is 21.8 Å². The van der Waals surface area contributed by atoms with E-state index >= 15 is 0 Å². The maximum atomic E-state index is 13.0. The quantitative estimate of drug-likeness (QED) is 0.315. The van der Waals surface area contributed by atoms with E-state index in [1.807, 2.05) is 0 Å². The monoisotopic (exact) mass is 494 g/mol. The topological polar surface area (TPSA) is 66.0 Å². The van der Waals surface area contributed by atoms with Crippen molar-refractivity contribution in [3.05, 3.63) is 81.0 Å². The van der Waals surface area contributed by atoms with E-state index in [1.54, 1.807) is 30.3 Å². The fraction of sp³-hybridized carbons (Fsp3) is 0.0476. The van der Waals surface area contributed by atoms with E-state index in [1.165, 1.54) is 18.2 Å². The molecule has 152 valence electrons. The van der Waals surface area contributed by atoms with Crippen molar-refractivity contribution >= 4 is 45.2 Å². The summed E-state index contributed by atoms with van der Waals surface area (Å²) in [6.07, 6.45) is -3.34. The molecule has 0 saturated carbocycles. The van der Waals surface area contributed by atoms with Crippen LogP contribution in [0.4, 0.5) is 18.9 Å². The Morgan fingerprint density at radius 2 is 1.93 bits per heavy atom. The molecular weight excluding hydrogens is 485 g/mol. The molecule has 0 saturated heterocycles. The van der Waals surface area contributed by atoms with Gasteiger partial charge in [0.2, 0.25) is 0 Å². The summed E-state index contributed by atoms with van der Waals surface area (Å²) in [4.78, 5) is 12.3. The number of rotatable bonds is 4. The number of nitrogens with one attached hydrogen (secondary N) is 1. The number of nitrogens with zero attached hydrogens (tertiary/aromatic N) is 1. The summed E-state index contributed by atoms with van der Waals surface area (Å²) in [6, 6.07) is 14.3. The lowest BCUT2D eigenvalue weighted by atomic mass is 10.1. The number of anilines is 1. The molecule has 0 aliphatic rings. The Hall–Kier alpha value is -3.02. The molecule has 1 heterocycles. The molecule has 0 fully saturated rings. The van der Waals surface area contributed by atoms with Gasteiger partial charge in [0.25, 0.3) is 5.91 Å². The Morgan fingerprint density at radius 1 is 1.17 bits per heavy atom. The zero-order chi connectivity index (χ0) is 21.9. The summed E-state index contributed by atoms with van der Waals surface area (Å²) in [5.41, 5.74) is -0.595. The molecule has 4 nitrogen and oxygen atoms in total. The fourth-order valence-corrected chi connectivity index (χ4v) is 3.13. The normalized spacial score (nSPS) is 11.8. The van der Waals surface area contributed by atoms with Crippen molar-refractivity contribution in [3.8, 4) is 17.4 Å². The van der Waals surface area contributed by atoms with Gasteiger partial charge in [-0.2, -0.15) is 18.4 Å². The third-order valence-electron chi connectivity index (χ3n) is 3.92. The molecule has 0 spiro atoms. The first-order valence-electron chi connectivity index (χ1n) is 8.33. The fourth-order valence-electron chi connectivity index (χ4n) is 2.52. The second kappa shape index (κ2) is 8.78. The number of halogens is 5. The standard InChI is InChI=1S/C21H11BrClF3N2O2/c22-14-2-1-3-15(10-14)28-20(29)12(11-27)8-16-5-7-19(30-16)17-9-13(21(24,25)26)4-6-18(17)23/h1-10H,(H,28,29). The van der Waals surface area contributed by atoms with E-state index in [9.17, 15) is 23.2 Å². The van der Waals surface area contributed by atoms with Crippen LogP contribution in [0.2, 0.25) is 5.02 Å². The van der Waals surface area contributed by atoms with Gasteiger partial charge in [-0.15, -0.1) is 0 Å². The average Bonchev–Trinajstić information content (AvgIpc) is 3.14. The zero-order valence-corrected chi connectivity index (χ0v) is 17.3. The van der Waals surface area contributed by atoms with Gasteiger partial charge in [0.15, 0.2) is 0 Å². The van der Waals surface area contributed by atoms with E-state index in [4.69, 9.17) is 16.0 Å². The van der Waals surface area contributed by atoms with Crippen molar-refractivity contribution in [1.82, 2.24) is 0 Å². The molecule has 1 N–H and O–H groups in total. The van der Waals surface area contributed by atoms with Gasteiger partial charge in [-0.05, 0) is 48.5 Å². The van der Waals surface area contributed by atoms with Crippen molar-refractivity contribution in [1.29, 1.82) is 5.26 Å². The van der Waals surface area contributed by atoms with Gasteiger partial charge in [-0.3, -0.25) is 4.79 Å². The highest BCUT2D eigenvalue weighted by atomic mass is 79.9. The third-order valence-corrected chi connectivity index (χ3v) is 4.74. The largest absolute Gasteiger partial charge is 0.457 e. The SMILES string of the molecule is N#CC(=Cc1ccc(-c2cc(C(F)(F)F)ccc2Cl)o1)C(=O)Nc1cccc(Br)c1. The predicted octanol–water partition coefficient (Wildman–Crippen LogP) is 6.93. The first-order valence-corrected chi connectivity index (χ1v) is 9.50. The summed E-state index contributed by atoms with van der Waals surface area (Å²) in [5, 5.41) is 12.0. The minimum Gasteiger partial charge on any atom is -0.457 e. The molecule has 0 radical (unpaired) electrons. The van der Waals surface area contributed by atoms with Crippen LogP contribution in [0.1, 0.15) is 11.3 Å². The summed E-state index contributed by atoms with van der Waals surface area (Å²) in [5.74, 6) is -0.480. The van der Waals surface area contributed by atoms with Crippen molar-refractivity contribution < 1.29 is 22.4 Å². The van der Waals surface area contributed by atoms with Crippen LogP contribution < -0.4 is 5.32 Å². The minimum absolute atomic E-state index is 0.0447. The number of nitriles is 1. The van der Waals surface area contributed by atoms with Gasteiger partial charge >= 0.3 is 6.18 Å². The molecular formula is C21H11BrClF3N2O2. The summed E-state index contributed by atoms with van der Waals surface area (Å²) in [7, 11) is 0. The zero-order valence-electron chi connectivity index (χ0n) is 14.9. The van der Waals surface area contributed by atoms with Crippen LogP contribution in [0.25, 0.3) is 17.4 Å². The first-order chi connectivity index (χ1) is 14.2. The average molecular weight is 496 g/mol. The number of carbonyl (C=O) groups excluding carboxylic acids is 1. The Bertz CT molecular complexity index is 1180. The van der Waals surface area contributed by atoms with Crippen LogP contribution >= 0.6 is 27.5 Å². The molecule has 3 rings (SSSR count). The minimum atomic E-state index is -4.53. The van der Waals surface area contributed by atoms with Crippen LogP contribution in [0.3, 0.4) is 0 Å². The van der Waals surface area contributed by atoms with Crippen molar-refractivity contribution in [2.24, 2.45) is 0 Å². The van der Waals surface area contributed by atoms with E-state index in [-0.39, 0.29) is 27.7 Å². The highest BCUT2D eigenvalue weighted by Gasteiger charge is 2.31. The van der Waals surface area contributed by atoms with Crippen molar-refractivity contribution in [2.45, 2.75) is 6.18 Å². The van der Waals surface area contributed by atoms with Crippen molar-refractivity contribution in [2.75, 3.05) is 5.32 Å². The van der Waals surface area contributed by atoms with E-state index in [2.05, 4.69) is 21.2 Å². The Kier molecular flexibility index (Phi) is 6.34. The highest BCUT2D eigenvalue weighted by molar-refractivity contribution is 9.10. The molecule has 3 aromatic rings. The van der Waals surface area contributed by atoms with Crippen LogP contribution in [0.5, 0.6) is 0 Å². The van der Waals surface area contributed by atoms with Gasteiger partial charge in [-0.1, -0.05) is 33.6 Å². The molecule has 1 aromatic heterocycles. The molecule has 0 atom stereocenters. The highest BCUT2D eigenvalue weighted by Crippen LogP contribution is 2.36. The maximum Gasteiger partial charge on any atom is 0.416 e. The molecule has 30 heavy (non-hydrogen) atoms. The predicted molar refractivity (Wildman–Crippen MR) is 111 cm³/mol. The number of benzene rings is 2. The number of alkyl halides is 3. The number of carbonyl (C=O) groups is 1. The van der Waals surface area contributed by atoms with Crippen LogP contribution in [-0.2, 0) is 11.0 Å². The maximum absolute atomic E-state index is 13.0. The number of hydrogen-bond donors (Lipinski definition) is 1. The molecule has 1 amide bonds. The van der Waals surface area contributed by atoms with Gasteiger partial charge in [0.1, 0.15) is 23.2 Å². The van der Waals surface area contributed by atoms with Crippen LogP contribution in [0, 0.1) is 11.3 Å². The summed E-state index contributed by atoms with van der Waals surface area (Å²) >= 11 is 9.29. The van der Waals surface area contributed by atoms with E-state index in [0.717, 1.165) is 22.7 Å². The molecule has 0 unspecified atom stereocenters. The number of hydrogen-bond acceptors (Lipinski definition) is 3. The lowest BCUT2D eigenvalue weighted by molar-refractivity contribution is -0.137. The second-order valence-corrected chi connectivity index (χ2v) is 7.35. The van der Waals surface area contributed by atoms with Gasteiger partial charge in [-0.25, -0.2) is 0 Å². The van der Waals surface area contributed by atoms with Crippen molar-refractivity contribution in [3.63, 3.8) is 0 Å². The summed E-state index contributed by atoms with van der Waals surface area (Å²) in [6.45, 7) is 0. The lowest BCUT2D eigenvalue weighted by Crippen LogP contribution is -2.13. The van der Waals surface area contributed by atoms with Gasteiger partial charge < -0.3 is 9.73 Å². The van der Waals surface area contributed by atoms with Crippen LogP contribution in [0.15, 0.2) is 69.1 Å².